The summed E-state index contributed by atoms with van der Waals surface area (Å²) in [5.74, 6) is -0.0221. The number of hydrogen-bond donors (Lipinski definition) is 0. The van der Waals surface area contributed by atoms with Crippen molar-refractivity contribution in [2.45, 2.75) is 25.5 Å². The van der Waals surface area contributed by atoms with Crippen LogP contribution >= 0.6 is 11.6 Å². The van der Waals surface area contributed by atoms with Gasteiger partial charge in [-0.25, -0.2) is 0 Å². The highest BCUT2D eigenvalue weighted by molar-refractivity contribution is 6.30. The average Bonchev–Trinajstić information content (AvgIpc) is 2.49. The van der Waals surface area contributed by atoms with Gasteiger partial charge in [0.2, 0.25) is 0 Å². The van der Waals surface area contributed by atoms with Crippen LogP contribution in [0.2, 0.25) is 5.02 Å². The molecular formula is C15H20ClNO3. The second kappa shape index (κ2) is 7.07. The standard InChI is InChI=1S/C15H20ClNO3/c1-11(9-12-3-5-13(16)6-4-12)17(2)15(18)14-10-19-7-8-20-14/h3-6,11,14H,7-10H2,1-2H3/t11-,14-/m1/s1. The van der Waals surface area contributed by atoms with E-state index in [9.17, 15) is 4.79 Å². The molecule has 0 saturated carbocycles. The number of halogens is 1. The molecule has 0 spiro atoms. The summed E-state index contributed by atoms with van der Waals surface area (Å²) in [6, 6.07) is 7.79. The molecule has 0 N–H and O–H groups in total. The molecule has 1 fully saturated rings. The van der Waals surface area contributed by atoms with Gasteiger partial charge in [0.05, 0.1) is 19.8 Å². The maximum atomic E-state index is 12.3. The average molecular weight is 298 g/mol. The van der Waals surface area contributed by atoms with Crippen LogP contribution in [0.5, 0.6) is 0 Å². The zero-order chi connectivity index (χ0) is 14.5. The Morgan fingerprint density at radius 1 is 1.40 bits per heavy atom. The molecule has 1 aromatic carbocycles. The van der Waals surface area contributed by atoms with E-state index in [2.05, 4.69) is 0 Å². The summed E-state index contributed by atoms with van der Waals surface area (Å²) in [6.45, 7) is 3.41. The number of carbonyl (C=O) groups excluding carboxylic acids is 1. The molecule has 2 atom stereocenters. The maximum Gasteiger partial charge on any atom is 0.254 e. The van der Waals surface area contributed by atoms with Crippen LogP contribution in [-0.2, 0) is 20.7 Å². The fourth-order valence-corrected chi connectivity index (χ4v) is 2.30. The summed E-state index contributed by atoms with van der Waals surface area (Å²) in [4.78, 5) is 14.0. The smallest absolute Gasteiger partial charge is 0.254 e. The highest BCUT2D eigenvalue weighted by Gasteiger charge is 2.27. The molecule has 0 unspecified atom stereocenters. The molecule has 110 valence electrons. The van der Waals surface area contributed by atoms with Gasteiger partial charge in [-0.3, -0.25) is 4.79 Å². The van der Waals surface area contributed by atoms with Crippen LogP contribution in [0.15, 0.2) is 24.3 Å². The van der Waals surface area contributed by atoms with Gasteiger partial charge in [-0.05, 0) is 31.0 Å². The van der Waals surface area contributed by atoms with E-state index in [1.54, 1.807) is 11.9 Å². The van der Waals surface area contributed by atoms with Crippen LogP contribution in [0.25, 0.3) is 0 Å². The first-order valence-corrected chi connectivity index (χ1v) is 7.16. The van der Waals surface area contributed by atoms with Crippen LogP contribution < -0.4 is 0 Å². The van der Waals surface area contributed by atoms with Crippen molar-refractivity contribution in [2.24, 2.45) is 0 Å². The lowest BCUT2D eigenvalue weighted by molar-refractivity contribution is -0.158. The Kier molecular flexibility index (Phi) is 5.40. The largest absolute Gasteiger partial charge is 0.376 e. The van der Waals surface area contributed by atoms with E-state index >= 15 is 0 Å². The molecule has 0 bridgehead atoms. The molecule has 0 aliphatic carbocycles. The van der Waals surface area contributed by atoms with Gasteiger partial charge in [0, 0.05) is 18.1 Å². The molecule has 1 aliphatic heterocycles. The molecular weight excluding hydrogens is 278 g/mol. The minimum absolute atomic E-state index is 0.0221. The van der Waals surface area contributed by atoms with E-state index in [1.807, 2.05) is 31.2 Å². The summed E-state index contributed by atoms with van der Waals surface area (Å²) >= 11 is 5.87. The maximum absolute atomic E-state index is 12.3. The van der Waals surface area contributed by atoms with Crippen molar-refractivity contribution >= 4 is 17.5 Å². The van der Waals surface area contributed by atoms with Crippen molar-refractivity contribution in [1.82, 2.24) is 4.90 Å². The number of amides is 1. The molecule has 1 amide bonds. The van der Waals surface area contributed by atoms with Gasteiger partial charge in [0.25, 0.3) is 5.91 Å². The number of benzene rings is 1. The summed E-state index contributed by atoms with van der Waals surface area (Å²) in [7, 11) is 1.81. The van der Waals surface area contributed by atoms with Gasteiger partial charge in [0.1, 0.15) is 0 Å². The van der Waals surface area contributed by atoms with Crippen molar-refractivity contribution in [3.8, 4) is 0 Å². The fraction of sp³-hybridized carbons (Fsp3) is 0.533. The second-order valence-electron chi connectivity index (χ2n) is 5.06. The minimum atomic E-state index is -0.471. The zero-order valence-corrected chi connectivity index (χ0v) is 12.6. The van der Waals surface area contributed by atoms with Crippen molar-refractivity contribution in [3.05, 3.63) is 34.9 Å². The third-order valence-electron chi connectivity index (χ3n) is 3.54. The van der Waals surface area contributed by atoms with E-state index in [-0.39, 0.29) is 11.9 Å². The van der Waals surface area contributed by atoms with Crippen LogP contribution in [0, 0.1) is 0 Å². The number of nitrogens with zero attached hydrogens (tertiary/aromatic N) is 1. The molecule has 20 heavy (non-hydrogen) atoms. The molecule has 2 rings (SSSR count). The van der Waals surface area contributed by atoms with Crippen LogP contribution in [0.4, 0.5) is 0 Å². The number of likely N-dealkylation sites (N-methyl/N-ethyl adjacent to an activating group) is 1. The van der Waals surface area contributed by atoms with Crippen molar-refractivity contribution in [2.75, 3.05) is 26.9 Å². The Labute approximate surface area is 124 Å². The first kappa shape index (κ1) is 15.3. The third kappa shape index (κ3) is 3.95. The highest BCUT2D eigenvalue weighted by Crippen LogP contribution is 2.14. The van der Waals surface area contributed by atoms with E-state index in [4.69, 9.17) is 21.1 Å². The van der Waals surface area contributed by atoms with E-state index < -0.39 is 6.10 Å². The minimum Gasteiger partial charge on any atom is -0.376 e. The fourth-order valence-electron chi connectivity index (χ4n) is 2.17. The lowest BCUT2D eigenvalue weighted by atomic mass is 10.1. The Morgan fingerprint density at radius 2 is 2.10 bits per heavy atom. The monoisotopic (exact) mass is 297 g/mol. The first-order chi connectivity index (χ1) is 9.58. The molecule has 1 aliphatic rings. The van der Waals surface area contributed by atoms with Crippen LogP contribution in [0.3, 0.4) is 0 Å². The van der Waals surface area contributed by atoms with Gasteiger partial charge >= 0.3 is 0 Å². The molecule has 4 nitrogen and oxygen atoms in total. The molecule has 1 aromatic rings. The van der Waals surface area contributed by atoms with Crippen molar-refractivity contribution < 1.29 is 14.3 Å². The third-order valence-corrected chi connectivity index (χ3v) is 3.80. The van der Waals surface area contributed by atoms with Crippen molar-refractivity contribution in [1.29, 1.82) is 0 Å². The summed E-state index contributed by atoms with van der Waals surface area (Å²) in [5, 5.41) is 0.721. The summed E-state index contributed by atoms with van der Waals surface area (Å²) in [5.41, 5.74) is 1.15. The van der Waals surface area contributed by atoms with E-state index in [0.717, 1.165) is 17.0 Å². The molecule has 0 radical (unpaired) electrons. The molecule has 1 heterocycles. The topological polar surface area (TPSA) is 38.8 Å². The number of hydrogen-bond acceptors (Lipinski definition) is 3. The predicted molar refractivity (Wildman–Crippen MR) is 77.9 cm³/mol. The molecule has 1 saturated heterocycles. The normalized spacial score (nSPS) is 20.4. The Balaban J connectivity index is 1.91. The second-order valence-corrected chi connectivity index (χ2v) is 5.50. The van der Waals surface area contributed by atoms with Gasteiger partial charge < -0.3 is 14.4 Å². The van der Waals surface area contributed by atoms with Gasteiger partial charge in [-0.2, -0.15) is 0 Å². The number of rotatable bonds is 4. The van der Waals surface area contributed by atoms with E-state index in [0.29, 0.717) is 19.8 Å². The van der Waals surface area contributed by atoms with Crippen LogP contribution in [0.1, 0.15) is 12.5 Å². The number of ether oxygens (including phenoxy) is 2. The number of carbonyl (C=O) groups is 1. The Hall–Kier alpha value is -1.10. The van der Waals surface area contributed by atoms with E-state index in [1.165, 1.54) is 0 Å². The van der Waals surface area contributed by atoms with Gasteiger partial charge in [-0.15, -0.1) is 0 Å². The highest BCUT2D eigenvalue weighted by atomic mass is 35.5. The summed E-state index contributed by atoms with van der Waals surface area (Å²) in [6.07, 6.45) is 0.314. The van der Waals surface area contributed by atoms with Crippen molar-refractivity contribution in [3.63, 3.8) is 0 Å². The Bertz CT molecular complexity index is 443. The lowest BCUT2D eigenvalue weighted by Gasteiger charge is -2.30. The molecule has 5 heteroatoms. The molecule has 0 aromatic heterocycles. The van der Waals surface area contributed by atoms with Gasteiger partial charge in [-0.1, -0.05) is 23.7 Å². The predicted octanol–water partition coefficient (Wildman–Crippen LogP) is 2.14. The quantitative estimate of drug-likeness (QED) is 0.855. The zero-order valence-electron chi connectivity index (χ0n) is 11.8. The van der Waals surface area contributed by atoms with Crippen LogP contribution in [-0.4, -0.2) is 49.8 Å². The SMILES string of the molecule is C[C@H](Cc1ccc(Cl)cc1)N(C)C(=O)[C@H]1COCCO1. The first-order valence-electron chi connectivity index (χ1n) is 6.78. The summed E-state index contributed by atoms with van der Waals surface area (Å²) < 4.78 is 10.7. The van der Waals surface area contributed by atoms with Gasteiger partial charge in [0.15, 0.2) is 6.10 Å². The lowest BCUT2D eigenvalue weighted by Crippen LogP contribution is -2.47. The Morgan fingerprint density at radius 3 is 2.70 bits per heavy atom.